The molecule has 0 rings (SSSR count). The van der Waals surface area contributed by atoms with Crippen LogP contribution in [0.2, 0.25) is 18.1 Å². The van der Waals surface area contributed by atoms with Crippen molar-refractivity contribution in [3.05, 3.63) is 0 Å². The summed E-state index contributed by atoms with van der Waals surface area (Å²) in [5.41, 5.74) is 0. The molecule has 0 aliphatic carbocycles. The zero-order chi connectivity index (χ0) is 12.7. The summed E-state index contributed by atoms with van der Waals surface area (Å²) in [5.74, 6) is 0. The first-order valence-electron chi connectivity index (χ1n) is 5.71. The Labute approximate surface area is 96.1 Å². The van der Waals surface area contributed by atoms with Crippen LogP contribution in [-0.2, 0) is 0 Å². The Hall–Kier alpha value is 0.0838. The number of hydrogen-bond donors (Lipinski definition) is 0. The summed E-state index contributed by atoms with van der Waals surface area (Å²) < 4.78 is 62.1. The van der Waals surface area contributed by atoms with E-state index in [1.54, 1.807) is 0 Å². The molecule has 0 spiro atoms. The van der Waals surface area contributed by atoms with Gasteiger partial charge >= 0.3 is 17.8 Å². The average molecular weight is 278 g/mol. The maximum atomic E-state index is 13.2. The molecule has 0 aromatic heterocycles. The van der Waals surface area contributed by atoms with Gasteiger partial charge < -0.3 is 0 Å². The molecule has 0 N–H and O–H groups in total. The maximum absolute atomic E-state index is 13.2. The Morgan fingerprint density at radius 2 is 1.12 bits per heavy atom. The standard InChI is InChI=1S/C9H19F5Si2/c1-2-3-4-7-15(10,11)8-5-6-9-16(12,13)14/h2-9H2,1H3. The topological polar surface area (TPSA) is 0 Å². The summed E-state index contributed by atoms with van der Waals surface area (Å²) in [6, 6.07) is -1.11. The summed E-state index contributed by atoms with van der Waals surface area (Å²) in [5, 5.41) is 0. The van der Waals surface area contributed by atoms with Crippen LogP contribution in [0.3, 0.4) is 0 Å². The lowest BCUT2D eigenvalue weighted by Crippen LogP contribution is -2.22. The van der Waals surface area contributed by atoms with Gasteiger partial charge in [0.05, 0.1) is 0 Å². The average Bonchev–Trinajstić information content (AvgIpc) is 2.11. The lowest BCUT2D eigenvalue weighted by Gasteiger charge is -2.12. The maximum Gasteiger partial charge on any atom is 0.616 e. The van der Waals surface area contributed by atoms with E-state index in [-0.39, 0.29) is 24.9 Å². The number of halogens is 5. The van der Waals surface area contributed by atoms with Crippen LogP contribution in [0.25, 0.3) is 0 Å². The van der Waals surface area contributed by atoms with Gasteiger partial charge in [-0.3, -0.25) is 8.22 Å². The van der Waals surface area contributed by atoms with E-state index < -0.39 is 23.9 Å². The van der Waals surface area contributed by atoms with Crippen LogP contribution in [0.1, 0.15) is 39.0 Å². The summed E-state index contributed by atoms with van der Waals surface area (Å²) >= 11 is 0. The van der Waals surface area contributed by atoms with E-state index in [0.717, 1.165) is 12.8 Å². The van der Waals surface area contributed by atoms with Crippen molar-refractivity contribution in [1.29, 1.82) is 0 Å². The Morgan fingerprint density at radius 3 is 1.56 bits per heavy atom. The highest BCUT2D eigenvalue weighted by Gasteiger charge is 2.37. The molecule has 0 aliphatic rings. The molecule has 98 valence electrons. The van der Waals surface area contributed by atoms with E-state index in [4.69, 9.17) is 0 Å². The van der Waals surface area contributed by atoms with Crippen LogP contribution in [0.15, 0.2) is 0 Å². The van der Waals surface area contributed by atoms with E-state index >= 15 is 0 Å². The van der Waals surface area contributed by atoms with Crippen molar-refractivity contribution >= 4 is 17.8 Å². The van der Waals surface area contributed by atoms with Crippen molar-refractivity contribution in [3.8, 4) is 0 Å². The van der Waals surface area contributed by atoms with Gasteiger partial charge in [-0.15, -0.1) is 0 Å². The lowest BCUT2D eigenvalue weighted by molar-refractivity contribution is 0.461. The molecule has 16 heavy (non-hydrogen) atoms. The van der Waals surface area contributed by atoms with Crippen molar-refractivity contribution in [2.24, 2.45) is 0 Å². The third kappa shape index (κ3) is 10.6. The molecule has 7 heteroatoms. The molecule has 0 amide bonds. The number of rotatable bonds is 9. The predicted octanol–water partition coefficient (Wildman–Crippen LogP) is 5.19. The molecule has 0 aromatic rings. The van der Waals surface area contributed by atoms with Crippen molar-refractivity contribution in [2.45, 2.75) is 57.2 Å². The molecule has 0 unspecified atom stereocenters. The molecular weight excluding hydrogens is 259 g/mol. The van der Waals surface area contributed by atoms with Gasteiger partial charge in [-0.2, -0.15) is 0 Å². The van der Waals surface area contributed by atoms with Crippen LogP contribution >= 0.6 is 0 Å². The zero-order valence-electron chi connectivity index (χ0n) is 9.55. The normalized spacial score (nSPS) is 13.1. The minimum Gasteiger partial charge on any atom is -0.270 e. The van der Waals surface area contributed by atoms with Crippen LogP contribution in [-0.4, -0.2) is 17.8 Å². The van der Waals surface area contributed by atoms with Gasteiger partial charge in [0.25, 0.3) is 0 Å². The molecule has 0 aliphatic heterocycles. The molecule has 0 radical (unpaired) electrons. The number of unbranched alkanes of at least 4 members (excludes halogenated alkanes) is 3. The van der Waals surface area contributed by atoms with Crippen molar-refractivity contribution < 1.29 is 20.5 Å². The highest BCUT2D eigenvalue weighted by atomic mass is 28.5. The summed E-state index contributed by atoms with van der Waals surface area (Å²) in [6.07, 6.45) is 2.13. The lowest BCUT2D eigenvalue weighted by atomic mass is 10.3. The van der Waals surface area contributed by atoms with Crippen molar-refractivity contribution in [2.75, 3.05) is 0 Å². The monoisotopic (exact) mass is 278 g/mol. The fourth-order valence-electron chi connectivity index (χ4n) is 1.47. The first-order chi connectivity index (χ1) is 7.27. The third-order valence-electron chi connectivity index (χ3n) is 2.40. The second kappa shape index (κ2) is 7.42. The zero-order valence-corrected chi connectivity index (χ0v) is 11.5. The highest BCUT2D eigenvalue weighted by Crippen LogP contribution is 2.27. The molecule has 0 saturated heterocycles. The Morgan fingerprint density at radius 1 is 0.688 bits per heavy atom. The largest absolute Gasteiger partial charge is 0.616 e. The fourth-order valence-corrected chi connectivity index (χ4v) is 3.90. The summed E-state index contributed by atoms with van der Waals surface area (Å²) in [4.78, 5) is 0. The molecule has 0 fully saturated rings. The van der Waals surface area contributed by atoms with Gasteiger partial charge in [0.2, 0.25) is 0 Å². The Balaban J connectivity index is 3.57. The minimum absolute atomic E-state index is 0.0395. The quantitative estimate of drug-likeness (QED) is 0.236. The smallest absolute Gasteiger partial charge is 0.270 e. The molecule has 0 aromatic carbocycles. The van der Waals surface area contributed by atoms with Gasteiger partial charge in [0.1, 0.15) is 0 Å². The van der Waals surface area contributed by atoms with E-state index in [1.165, 1.54) is 0 Å². The first-order valence-corrected chi connectivity index (χ1v) is 9.72. The SMILES string of the molecule is CCCCC[Si](F)(F)CCCC[Si](F)(F)F. The Kier molecular flexibility index (Phi) is 7.46. The molecule has 0 heterocycles. The second-order valence-corrected chi connectivity index (χ2v) is 8.58. The van der Waals surface area contributed by atoms with Crippen molar-refractivity contribution in [1.82, 2.24) is 0 Å². The van der Waals surface area contributed by atoms with Gasteiger partial charge in [-0.05, 0) is 18.5 Å². The van der Waals surface area contributed by atoms with Crippen LogP contribution < -0.4 is 0 Å². The van der Waals surface area contributed by atoms with Gasteiger partial charge in [-0.1, -0.05) is 32.6 Å². The molecule has 0 bridgehead atoms. The minimum atomic E-state index is -5.51. The van der Waals surface area contributed by atoms with E-state index in [2.05, 4.69) is 0 Å². The van der Waals surface area contributed by atoms with E-state index in [9.17, 15) is 20.5 Å². The molecule has 0 saturated carbocycles. The first kappa shape index (κ1) is 16.1. The molecular formula is C9H19F5Si2. The summed E-state index contributed by atoms with van der Waals surface area (Å²) in [7, 11) is -9.70. The molecule has 0 atom stereocenters. The number of hydrogen-bond acceptors (Lipinski definition) is 0. The fraction of sp³-hybridized carbons (Fsp3) is 1.00. The van der Waals surface area contributed by atoms with Gasteiger partial charge in [-0.25, -0.2) is 12.3 Å². The Bertz CT molecular complexity index is 181. The van der Waals surface area contributed by atoms with Crippen molar-refractivity contribution in [3.63, 3.8) is 0 Å². The molecule has 0 nitrogen and oxygen atoms in total. The highest BCUT2D eigenvalue weighted by molar-refractivity contribution is 6.66. The van der Waals surface area contributed by atoms with Crippen LogP contribution in [0.5, 0.6) is 0 Å². The van der Waals surface area contributed by atoms with E-state index in [1.807, 2.05) is 6.92 Å². The van der Waals surface area contributed by atoms with E-state index in [0.29, 0.717) is 6.42 Å². The summed E-state index contributed by atoms with van der Waals surface area (Å²) in [6.45, 7) is 1.94. The van der Waals surface area contributed by atoms with Gasteiger partial charge in [0.15, 0.2) is 0 Å². The third-order valence-corrected chi connectivity index (χ3v) is 5.49. The van der Waals surface area contributed by atoms with Crippen LogP contribution in [0.4, 0.5) is 20.5 Å². The van der Waals surface area contributed by atoms with Gasteiger partial charge in [0, 0.05) is 6.04 Å². The predicted molar refractivity (Wildman–Crippen MR) is 60.2 cm³/mol. The van der Waals surface area contributed by atoms with Crippen LogP contribution in [0, 0.1) is 0 Å². The second-order valence-electron chi connectivity index (χ2n) is 4.14.